The van der Waals surface area contributed by atoms with E-state index >= 15 is 0 Å². The second-order valence-electron chi connectivity index (χ2n) is 5.86. The molecule has 5 nitrogen and oxygen atoms in total. The minimum absolute atomic E-state index is 0.194. The summed E-state index contributed by atoms with van der Waals surface area (Å²) in [7, 11) is 0. The van der Waals surface area contributed by atoms with Gasteiger partial charge < -0.3 is 0 Å². The van der Waals surface area contributed by atoms with Crippen LogP contribution < -0.4 is 5.56 Å². The molecule has 0 atom stereocenters. The summed E-state index contributed by atoms with van der Waals surface area (Å²) in [6, 6.07) is 18.5. The fourth-order valence-electron chi connectivity index (χ4n) is 3.58. The van der Waals surface area contributed by atoms with E-state index in [4.69, 9.17) is 0 Å². The third-order valence-electron chi connectivity index (χ3n) is 4.64. The highest BCUT2D eigenvalue weighted by Gasteiger charge is 2.19. The van der Waals surface area contributed by atoms with Gasteiger partial charge in [0.1, 0.15) is 5.65 Å². The topological polar surface area (TPSA) is 81.9 Å². The predicted molar refractivity (Wildman–Crippen MR) is 106 cm³/mol. The zero-order chi connectivity index (χ0) is 19.1. The molecule has 5 rings (SSSR count). The van der Waals surface area contributed by atoms with Crippen molar-refractivity contribution in [3.63, 3.8) is 0 Å². The Kier molecular flexibility index (Phi) is 3.72. The molecule has 0 spiro atoms. The highest BCUT2D eigenvalue weighted by Crippen LogP contribution is 2.33. The van der Waals surface area contributed by atoms with Gasteiger partial charge in [-0.05, 0) is 36.4 Å². The van der Waals surface area contributed by atoms with Crippen LogP contribution in [0.25, 0.3) is 38.2 Å². The second-order valence-corrected chi connectivity index (χ2v) is 5.86. The molecule has 5 heteroatoms. The van der Waals surface area contributed by atoms with Crippen LogP contribution in [0.2, 0.25) is 0 Å². The number of hydrogen-bond donors (Lipinski definition) is 0. The molecule has 0 fully saturated rings. The maximum absolute atomic E-state index is 13.1. The molecule has 0 aliphatic carbocycles. The van der Waals surface area contributed by atoms with Crippen molar-refractivity contribution in [2.45, 2.75) is 13.8 Å². The van der Waals surface area contributed by atoms with E-state index in [1.807, 2.05) is 38.1 Å². The molecule has 0 amide bonds. The summed E-state index contributed by atoms with van der Waals surface area (Å²) >= 11 is 0. The largest absolute Gasteiger partial charge is 0.268 e. The third-order valence-corrected chi connectivity index (χ3v) is 4.64. The molecule has 0 saturated heterocycles. The van der Waals surface area contributed by atoms with Crippen LogP contribution in [-0.4, -0.2) is 9.38 Å². The van der Waals surface area contributed by atoms with Gasteiger partial charge in [-0.3, -0.25) is 9.20 Å². The average Bonchev–Trinajstić information content (AvgIpc) is 3.12. The molecule has 5 aromatic rings. The molecule has 2 heterocycles. The zero-order valence-corrected chi connectivity index (χ0v) is 14.8. The normalized spacial score (nSPS) is 10.7. The number of hydrogen-bond acceptors (Lipinski definition) is 4. The summed E-state index contributed by atoms with van der Waals surface area (Å²) in [5, 5.41) is 21.3. The SMILES string of the molecule is CC.N#Cc1ccc2c(=O)n3c4ccccc4nc3c3ccc(C#N)c1c23. The third kappa shape index (κ3) is 2.09. The van der Waals surface area contributed by atoms with Crippen LogP contribution in [0.15, 0.2) is 53.3 Å². The van der Waals surface area contributed by atoms with E-state index in [9.17, 15) is 15.3 Å². The van der Waals surface area contributed by atoms with Crippen molar-refractivity contribution in [3.8, 4) is 12.1 Å². The highest BCUT2D eigenvalue weighted by molar-refractivity contribution is 6.18. The predicted octanol–water partition coefficient (Wildman–Crippen LogP) is 4.36. The van der Waals surface area contributed by atoms with Crippen LogP contribution in [0.3, 0.4) is 0 Å². The Morgan fingerprint density at radius 1 is 0.852 bits per heavy atom. The van der Waals surface area contributed by atoms with Crippen molar-refractivity contribution in [2.24, 2.45) is 0 Å². The smallest absolute Gasteiger partial charge is 0.264 e. The van der Waals surface area contributed by atoms with Crippen LogP contribution in [0.5, 0.6) is 0 Å². The van der Waals surface area contributed by atoms with E-state index in [1.165, 1.54) is 0 Å². The summed E-state index contributed by atoms with van der Waals surface area (Å²) in [5.74, 6) is 0. The van der Waals surface area contributed by atoms with E-state index < -0.39 is 0 Å². The van der Waals surface area contributed by atoms with Crippen LogP contribution in [0.4, 0.5) is 0 Å². The van der Waals surface area contributed by atoms with Crippen molar-refractivity contribution in [1.29, 1.82) is 10.5 Å². The van der Waals surface area contributed by atoms with Gasteiger partial charge in [0.15, 0.2) is 0 Å². The van der Waals surface area contributed by atoms with Crippen molar-refractivity contribution in [3.05, 3.63) is 70.0 Å². The number of nitrogens with zero attached hydrogens (tertiary/aromatic N) is 4. The zero-order valence-electron chi connectivity index (χ0n) is 14.8. The van der Waals surface area contributed by atoms with E-state index in [1.54, 1.807) is 28.7 Å². The van der Waals surface area contributed by atoms with Crippen LogP contribution in [0.1, 0.15) is 25.0 Å². The van der Waals surface area contributed by atoms with E-state index in [2.05, 4.69) is 17.1 Å². The maximum Gasteiger partial charge on any atom is 0.264 e. The van der Waals surface area contributed by atoms with Gasteiger partial charge in [0.05, 0.1) is 34.3 Å². The Balaban J connectivity index is 0.000000872. The van der Waals surface area contributed by atoms with Crippen molar-refractivity contribution < 1.29 is 0 Å². The fourth-order valence-corrected chi connectivity index (χ4v) is 3.58. The highest BCUT2D eigenvalue weighted by atomic mass is 16.1. The molecule has 0 aliphatic rings. The maximum atomic E-state index is 13.1. The molecule has 0 radical (unpaired) electrons. The molecule has 2 aromatic heterocycles. The lowest BCUT2D eigenvalue weighted by Gasteiger charge is -2.09. The van der Waals surface area contributed by atoms with Gasteiger partial charge in [0.25, 0.3) is 5.56 Å². The van der Waals surface area contributed by atoms with Crippen LogP contribution in [0, 0.1) is 22.7 Å². The number of para-hydroxylation sites is 2. The van der Waals surface area contributed by atoms with Gasteiger partial charge in [0.2, 0.25) is 0 Å². The standard InChI is InChI=1S/C20H8N4O.C2H6/c21-9-11-5-7-13-18-14(8-6-12(10-22)17(11)18)20(25)24-16-4-2-1-3-15(16)23-19(13)24;1-2/h1-8H;1-2H3. The van der Waals surface area contributed by atoms with Gasteiger partial charge in [-0.15, -0.1) is 0 Å². The van der Waals surface area contributed by atoms with Gasteiger partial charge in [-0.25, -0.2) is 4.98 Å². The first-order valence-electron chi connectivity index (χ1n) is 8.67. The Hall–Kier alpha value is -3.96. The molecule has 0 saturated carbocycles. The Bertz CT molecular complexity index is 1460. The van der Waals surface area contributed by atoms with Crippen molar-refractivity contribution >= 4 is 38.2 Å². The lowest BCUT2D eigenvalue weighted by molar-refractivity contribution is 1.19. The van der Waals surface area contributed by atoms with Crippen molar-refractivity contribution in [2.75, 3.05) is 0 Å². The molecular formula is C22H14N4O. The lowest BCUT2D eigenvalue weighted by Crippen LogP contribution is -2.13. The molecular weight excluding hydrogens is 336 g/mol. The van der Waals surface area contributed by atoms with E-state index in [0.29, 0.717) is 32.9 Å². The summed E-state index contributed by atoms with van der Waals surface area (Å²) in [5.41, 5.74) is 2.60. The Morgan fingerprint density at radius 2 is 1.48 bits per heavy atom. The summed E-state index contributed by atoms with van der Waals surface area (Å²) in [6.07, 6.45) is 0. The minimum Gasteiger partial charge on any atom is -0.268 e. The molecule has 27 heavy (non-hydrogen) atoms. The average molecular weight is 350 g/mol. The number of aromatic nitrogens is 2. The Labute approximate surface area is 154 Å². The summed E-state index contributed by atoms with van der Waals surface area (Å²) < 4.78 is 1.60. The lowest BCUT2D eigenvalue weighted by atomic mass is 9.95. The minimum atomic E-state index is -0.194. The van der Waals surface area contributed by atoms with E-state index in [-0.39, 0.29) is 5.56 Å². The molecule has 128 valence electrons. The molecule has 0 unspecified atom stereocenters. The first-order chi connectivity index (χ1) is 13.2. The van der Waals surface area contributed by atoms with Gasteiger partial charge in [-0.1, -0.05) is 26.0 Å². The second kappa shape index (κ2) is 6.09. The monoisotopic (exact) mass is 350 g/mol. The number of nitriles is 2. The Morgan fingerprint density at radius 3 is 2.15 bits per heavy atom. The van der Waals surface area contributed by atoms with Crippen LogP contribution in [-0.2, 0) is 0 Å². The number of benzene rings is 3. The van der Waals surface area contributed by atoms with Gasteiger partial charge >= 0.3 is 0 Å². The number of fused-ring (bicyclic) bond motifs is 4. The van der Waals surface area contributed by atoms with Gasteiger partial charge in [-0.2, -0.15) is 10.5 Å². The van der Waals surface area contributed by atoms with E-state index in [0.717, 1.165) is 16.4 Å². The molecule has 0 N–H and O–H groups in total. The van der Waals surface area contributed by atoms with Crippen molar-refractivity contribution in [1.82, 2.24) is 9.38 Å². The van der Waals surface area contributed by atoms with Crippen LogP contribution >= 0.6 is 0 Å². The molecule has 0 bridgehead atoms. The number of imidazole rings is 1. The first-order valence-corrected chi connectivity index (χ1v) is 8.67. The molecule has 3 aromatic carbocycles. The summed E-state index contributed by atoms with van der Waals surface area (Å²) in [4.78, 5) is 17.7. The van der Waals surface area contributed by atoms with Gasteiger partial charge in [0, 0.05) is 21.5 Å². The number of rotatable bonds is 0. The number of pyridine rings is 1. The first kappa shape index (κ1) is 16.5. The fraction of sp³-hybridized carbons (Fsp3) is 0.0909. The summed E-state index contributed by atoms with van der Waals surface area (Å²) in [6.45, 7) is 4.00. The quantitative estimate of drug-likeness (QED) is 0.415. The molecule has 0 aliphatic heterocycles.